The van der Waals surface area contributed by atoms with Gasteiger partial charge in [0.15, 0.2) is 5.78 Å². The number of ether oxygens (including phenoxy) is 4. The topological polar surface area (TPSA) is 122 Å². The number of cyclic esters (lactones) is 2. The molecule has 0 saturated carbocycles. The first-order valence-electron chi connectivity index (χ1n) is 12.0. The van der Waals surface area contributed by atoms with E-state index in [-0.39, 0.29) is 46.2 Å². The van der Waals surface area contributed by atoms with Crippen molar-refractivity contribution < 1.29 is 42.9 Å². The highest BCUT2D eigenvalue weighted by molar-refractivity contribution is 6.10. The van der Waals surface area contributed by atoms with Crippen LogP contribution in [0, 0.1) is 0 Å². The van der Waals surface area contributed by atoms with Crippen molar-refractivity contribution >= 4 is 29.7 Å². The maximum Gasteiger partial charge on any atom is 0.342 e. The number of esters is 4. The van der Waals surface area contributed by atoms with Crippen molar-refractivity contribution in [1.82, 2.24) is 0 Å². The Bertz CT molecular complexity index is 1140. The van der Waals surface area contributed by atoms with E-state index in [1.165, 1.54) is 36.4 Å². The molecule has 4 rings (SSSR count). The van der Waals surface area contributed by atoms with Crippen LogP contribution in [0.4, 0.5) is 0 Å². The first-order chi connectivity index (χ1) is 17.3. The van der Waals surface area contributed by atoms with E-state index in [1.54, 1.807) is 0 Å². The monoisotopic (exact) mass is 494 g/mol. The summed E-state index contributed by atoms with van der Waals surface area (Å²) in [7, 11) is 0. The Morgan fingerprint density at radius 1 is 0.722 bits per heavy atom. The summed E-state index contributed by atoms with van der Waals surface area (Å²) >= 11 is 0. The average molecular weight is 494 g/mol. The van der Waals surface area contributed by atoms with E-state index in [4.69, 9.17) is 18.9 Å². The largest absolute Gasteiger partial charge is 0.421 e. The maximum atomic E-state index is 13.3. The van der Waals surface area contributed by atoms with Crippen LogP contribution in [-0.2, 0) is 28.5 Å². The van der Waals surface area contributed by atoms with E-state index in [9.17, 15) is 24.0 Å². The Balaban J connectivity index is 1.56. The van der Waals surface area contributed by atoms with Gasteiger partial charge in [-0.25, -0.2) is 9.59 Å². The van der Waals surface area contributed by atoms with Gasteiger partial charge in [0.25, 0.3) is 12.6 Å². The molecule has 2 aromatic rings. The van der Waals surface area contributed by atoms with E-state index < -0.39 is 42.2 Å². The summed E-state index contributed by atoms with van der Waals surface area (Å²) in [6.45, 7) is 3.88. The minimum atomic E-state index is -1.22. The van der Waals surface area contributed by atoms with Gasteiger partial charge in [-0.3, -0.25) is 14.4 Å². The third-order valence-corrected chi connectivity index (χ3v) is 5.95. The fourth-order valence-corrected chi connectivity index (χ4v) is 3.96. The predicted octanol–water partition coefficient (Wildman–Crippen LogP) is 4.72. The Hall–Kier alpha value is -4.01. The lowest BCUT2D eigenvalue weighted by Crippen LogP contribution is -2.12. The van der Waals surface area contributed by atoms with Gasteiger partial charge in [0, 0.05) is 35.1 Å². The highest BCUT2D eigenvalue weighted by Crippen LogP contribution is 2.35. The molecule has 36 heavy (non-hydrogen) atoms. The summed E-state index contributed by atoms with van der Waals surface area (Å²) in [4.78, 5) is 61.8. The zero-order chi connectivity index (χ0) is 25.8. The van der Waals surface area contributed by atoms with Gasteiger partial charge in [0.2, 0.25) is 0 Å². The lowest BCUT2D eigenvalue weighted by Gasteiger charge is -2.13. The first kappa shape index (κ1) is 25.1. The van der Waals surface area contributed by atoms with Crippen LogP contribution >= 0.6 is 0 Å². The van der Waals surface area contributed by atoms with Crippen molar-refractivity contribution in [2.75, 3.05) is 0 Å². The standard InChI is InChI=1S/C27H26O9/c1-3-5-7-21(28)33-26-19-13-15(9-11-17(19)24(31)35-26)23(30)16-10-12-18-20(14-16)27(36-25(18)32)34-22(29)8-6-4-2/h9-14,26-27H,3-8H2,1-2H3. The lowest BCUT2D eigenvalue weighted by molar-refractivity contribution is -0.169. The molecule has 0 aromatic heterocycles. The molecule has 0 saturated heterocycles. The van der Waals surface area contributed by atoms with Crippen LogP contribution in [0.1, 0.15) is 113 Å². The molecule has 0 radical (unpaired) electrons. The van der Waals surface area contributed by atoms with E-state index >= 15 is 0 Å². The van der Waals surface area contributed by atoms with Crippen molar-refractivity contribution in [3.05, 3.63) is 69.8 Å². The second-order valence-corrected chi connectivity index (χ2v) is 8.59. The van der Waals surface area contributed by atoms with Crippen LogP contribution in [0.15, 0.2) is 36.4 Å². The second-order valence-electron chi connectivity index (χ2n) is 8.59. The summed E-state index contributed by atoms with van der Waals surface area (Å²) in [6, 6.07) is 8.75. The molecule has 0 aliphatic carbocycles. The van der Waals surface area contributed by atoms with E-state index in [2.05, 4.69) is 0 Å². The predicted molar refractivity (Wildman–Crippen MR) is 124 cm³/mol. The van der Waals surface area contributed by atoms with Crippen LogP contribution in [0.3, 0.4) is 0 Å². The zero-order valence-corrected chi connectivity index (χ0v) is 20.0. The van der Waals surface area contributed by atoms with Crippen molar-refractivity contribution in [2.24, 2.45) is 0 Å². The normalized spacial score (nSPS) is 17.6. The summed E-state index contributed by atoms with van der Waals surface area (Å²) in [6.07, 6.45) is 0.854. The van der Waals surface area contributed by atoms with Gasteiger partial charge in [0.05, 0.1) is 11.1 Å². The first-order valence-corrected chi connectivity index (χ1v) is 12.0. The Kier molecular flexibility index (Phi) is 7.47. The molecule has 0 bridgehead atoms. The summed E-state index contributed by atoms with van der Waals surface area (Å²) in [5.41, 5.74) is 1.46. The Labute approximate surface area is 207 Å². The third-order valence-electron chi connectivity index (χ3n) is 5.95. The molecule has 2 atom stereocenters. The van der Waals surface area contributed by atoms with Gasteiger partial charge in [-0.2, -0.15) is 0 Å². The van der Waals surface area contributed by atoms with E-state index in [0.717, 1.165) is 12.8 Å². The summed E-state index contributed by atoms with van der Waals surface area (Å²) in [5, 5.41) is 0. The molecule has 2 unspecified atom stereocenters. The van der Waals surface area contributed by atoms with Crippen molar-refractivity contribution in [2.45, 2.75) is 65.0 Å². The van der Waals surface area contributed by atoms with Gasteiger partial charge < -0.3 is 18.9 Å². The molecule has 2 heterocycles. The van der Waals surface area contributed by atoms with Crippen LogP contribution in [-0.4, -0.2) is 29.7 Å². The van der Waals surface area contributed by atoms with Crippen molar-refractivity contribution in [3.63, 3.8) is 0 Å². The minimum Gasteiger partial charge on any atom is -0.421 e. The van der Waals surface area contributed by atoms with E-state index in [1.807, 2.05) is 13.8 Å². The molecule has 2 aliphatic heterocycles. The molecule has 0 N–H and O–H groups in total. The van der Waals surface area contributed by atoms with Gasteiger partial charge >= 0.3 is 23.9 Å². The van der Waals surface area contributed by atoms with Gasteiger partial charge in [-0.05, 0) is 37.1 Å². The molecule has 0 fully saturated rings. The van der Waals surface area contributed by atoms with Crippen LogP contribution in [0.2, 0.25) is 0 Å². The van der Waals surface area contributed by atoms with Crippen LogP contribution < -0.4 is 0 Å². The number of unbranched alkanes of at least 4 members (excludes halogenated alkanes) is 2. The smallest absolute Gasteiger partial charge is 0.342 e. The highest BCUT2D eigenvalue weighted by atomic mass is 16.7. The molecule has 0 spiro atoms. The number of rotatable bonds is 10. The number of ketones is 1. The van der Waals surface area contributed by atoms with Crippen LogP contribution in [0.25, 0.3) is 0 Å². The number of hydrogen-bond acceptors (Lipinski definition) is 9. The Morgan fingerprint density at radius 3 is 1.53 bits per heavy atom. The van der Waals surface area contributed by atoms with Crippen LogP contribution in [0.5, 0.6) is 0 Å². The number of carbonyl (C=O) groups excluding carboxylic acids is 5. The zero-order valence-electron chi connectivity index (χ0n) is 20.0. The molecular weight excluding hydrogens is 468 g/mol. The third kappa shape index (κ3) is 5.15. The molecule has 2 aliphatic rings. The molecule has 0 amide bonds. The molecular formula is C27H26O9. The van der Waals surface area contributed by atoms with Gasteiger partial charge in [0.1, 0.15) is 0 Å². The van der Waals surface area contributed by atoms with Crippen molar-refractivity contribution in [1.29, 1.82) is 0 Å². The fraction of sp³-hybridized carbons (Fsp3) is 0.370. The minimum absolute atomic E-state index is 0.193. The van der Waals surface area contributed by atoms with E-state index in [0.29, 0.717) is 12.8 Å². The number of benzene rings is 2. The molecule has 188 valence electrons. The Morgan fingerprint density at radius 2 is 1.14 bits per heavy atom. The SMILES string of the molecule is CCCCC(=O)OC1OC(=O)c2ccc(C(=O)c3ccc4c(c3)C(OC(=O)CCCC)OC4=O)cc21. The van der Waals surface area contributed by atoms with Gasteiger partial charge in [-0.15, -0.1) is 0 Å². The quantitative estimate of drug-likeness (QED) is 0.341. The summed E-state index contributed by atoms with van der Waals surface area (Å²) < 4.78 is 21.0. The number of carbonyl (C=O) groups is 5. The molecule has 9 nitrogen and oxygen atoms in total. The average Bonchev–Trinajstić information content (AvgIpc) is 3.35. The maximum absolute atomic E-state index is 13.3. The molecule has 9 heteroatoms. The van der Waals surface area contributed by atoms with Gasteiger partial charge in [-0.1, -0.05) is 38.8 Å². The highest BCUT2D eigenvalue weighted by Gasteiger charge is 2.36. The number of fused-ring (bicyclic) bond motifs is 2. The lowest BCUT2D eigenvalue weighted by atomic mass is 9.96. The molecule has 2 aromatic carbocycles. The summed E-state index contributed by atoms with van der Waals surface area (Å²) in [5.74, 6) is -2.69. The number of hydrogen-bond donors (Lipinski definition) is 0. The fourth-order valence-electron chi connectivity index (χ4n) is 3.96. The van der Waals surface area contributed by atoms with Crippen molar-refractivity contribution in [3.8, 4) is 0 Å². The second kappa shape index (κ2) is 10.7.